The summed E-state index contributed by atoms with van der Waals surface area (Å²) in [7, 11) is 0. The smallest absolute Gasteiger partial charge is 0.271 e. The van der Waals surface area contributed by atoms with E-state index in [1.54, 1.807) is 0 Å². The van der Waals surface area contributed by atoms with Crippen molar-refractivity contribution in [3.63, 3.8) is 0 Å². The SMILES string of the molecule is O=C(N/N=C\c1ccc(OCc2ccc(Cl)cc2)cc1)c1cccc(F)c1. The first-order chi connectivity index (χ1) is 13.1. The largest absolute Gasteiger partial charge is 0.489 e. The highest BCUT2D eigenvalue weighted by Crippen LogP contribution is 2.15. The van der Waals surface area contributed by atoms with Gasteiger partial charge in [0.1, 0.15) is 18.2 Å². The molecule has 0 saturated carbocycles. The van der Waals surface area contributed by atoms with Crippen LogP contribution in [-0.2, 0) is 6.61 Å². The first-order valence-corrected chi connectivity index (χ1v) is 8.54. The Balaban J connectivity index is 1.51. The van der Waals surface area contributed by atoms with E-state index in [0.29, 0.717) is 17.4 Å². The monoisotopic (exact) mass is 382 g/mol. The molecule has 0 spiro atoms. The van der Waals surface area contributed by atoms with Crippen molar-refractivity contribution >= 4 is 23.7 Å². The lowest BCUT2D eigenvalue weighted by Gasteiger charge is -2.06. The van der Waals surface area contributed by atoms with Crippen LogP contribution in [0.5, 0.6) is 5.75 Å². The normalized spacial score (nSPS) is 10.7. The van der Waals surface area contributed by atoms with Crippen molar-refractivity contribution in [3.8, 4) is 5.75 Å². The summed E-state index contributed by atoms with van der Waals surface area (Å²) in [6.07, 6.45) is 1.50. The maximum absolute atomic E-state index is 13.1. The van der Waals surface area contributed by atoms with Gasteiger partial charge in [-0.2, -0.15) is 5.10 Å². The molecule has 136 valence electrons. The lowest BCUT2D eigenvalue weighted by molar-refractivity contribution is 0.0954. The van der Waals surface area contributed by atoms with Crippen molar-refractivity contribution in [2.75, 3.05) is 0 Å². The zero-order valence-corrected chi connectivity index (χ0v) is 15.0. The van der Waals surface area contributed by atoms with E-state index < -0.39 is 11.7 Å². The summed E-state index contributed by atoms with van der Waals surface area (Å²) >= 11 is 5.85. The highest BCUT2D eigenvalue weighted by atomic mass is 35.5. The van der Waals surface area contributed by atoms with Gasteiger partial charge in [-0.25, -0.2) is 9.82 Å². The number of carbonyl (C=O) groups is 1. The van der Waals surface area contributed by atoms with E-state index in [2.05, 4.69) is 10.5 Å². The van der Waals surface area contributed by atoms with Gasteiger partial charge in [-0.05, 0) is 65.7 Å². The van der Waals surface area contributed by atoms with Crippen LogP contribution >= 0.6 is 11.6 Å². The van der Waals surface area contributed by atoms with Gasteiger partial charge in [0, 0.05) is 10.6 Å². The van der Waals surface area contributed by atoms with Crippen molar-refractivity contribution < 1.29 is 13.9 Å². The number of hydrazone groups is 1. The average molecular weight is 383 g/mol. The molecule has 0 aromatic heterocycles. The lowest BCUT2D eigenvalue weighted by atomic mass is 10.2. The number of halogens is 2. The van der Waals surface area contributed by atoms with Gasteiger partial charge in [-0.15, -0.1) is 0 Å². The molecule has 3 aromatic rings. The second kappa shape index (κ2) is 8.96. The minimum atomic E-state index is -0.478. The Bertz CT molecular complexity index is 941. The summed E-state index contributed by atoms with van der Waals surface area (Å²) in [5.41, 5.74) is 4.37. The molecule has 1 amide bonds. The fraction of sp³-hybridized carbons (Fsp3) is 0.0476. The summed E-state index contributed by atoms with van der Waals surface area (Å²) in [5, 5.41) is 4.57. The van der Waals surface area contributed by atoms with Crippen LogP contribution in [0.15, 0.2) is 77.9 Å². The molecule has 0 radical (unpaired) electrons. The van der Waals surface area contributed by atoms with E-state index in [1.807, 2.05) is 48.5 Å². The fourth-order valence-electron chi connectivity index (χ4n) is 2.26. The topological polar surface area (TPSA) is 50.7 Å². The molecule has 27 heavy (non-hydrogen) atoms. The third kappa shape index (κ3) is 5.66. The second-order valence-electron chi connectivity index (χ2n) is 5.69. The van der Waals surface area contributed by atoms with Gasteiger partial charge in [0.05, 0.1) is 6.21 Å². The fourth-order valence-corrected chi connectivity index (χ4v) is 2.38. The molecule has 0 saturated heterocycles. The molecule has 4 nitrogen and oxygen atoms in total. The number of carbonyl (C=O) groups excluding carboxylic acids is 1. The molecule has 0 aliphatic rings. The molecule has 0 atom stereocenters. The third-order valence-corrected chi connectivity index (χ3v) is 3.92. The van der Waals surface area contributed by atoms with E-state index in [-0.39, 0.29) is 5.56 Å². The molecular weight excluding hydrogens is 367 g/mol. The van der Waals surface area contributed by atoms with Crippen LogP contribution in [0.4, 0.5) is 4.39 Å². The molecule has 6 heteroatoms. The van der Waals surface area contributed by atoms with Crippen LogP contribution in [0, 0.1) is 5.82 Å². The van der Waals surface area contributed by atoms with Gasteiger partial charge in [0.2, 0.25) is 0 Å². The predicted octanol–water partition coefficient (Wildman–Crippen LogP) is 4.82. The highest BCUT2D eigenvalue weighted by Gasteiger charge is 2.04. The lowest BCUT2D eigenvalue weighted by Crippen LogP contribution is -2.17. The number of benzene rings is 3. The van der Waals surface area contributed by atoms with Gasteiger partial charge in [0.15, 0.2) is 0 Å². The molecule has 0 aliphatic carbocycles. The Morgan fingerprint density at radius 3 is 2.52 bits per heavy atom. The maximum Gasteiger partial charge on any atom is 0.271 e. The van der Waals surface area contributed by atoms with E-state index in [0.717, 1.165) is 17.2 Å². The Labute approximate surface area is 161 Å². The molecule has 0 heterocycles. The van der Waals surface area contributed by atoms with Crippen molar-refractivity contribution in [2.24, 2.45) is 5.10 Å². The Morgan fingerprint density at radius 1 is 1.07 bits per heavy atom. The van der Waals surface area contributed by atoms with Crippen LogP contribution in [-0.4, -0.2) is 12.1 Å². The summed E-state index contributed by atoms with van der Waals surface area (Å²) in [5.74, 6) is -0.236. The van der Waals surface area contributed by atoms with Gasteiger partial charge in [-0.3, -0.25) is 4.79 Å². The number of amides is 1. The highest BCUT2D eigenvalue weighted by molar-refractivity contribution is 6.30. The van der Waals surface area contributed by atoms with Crippen LogP contribution in [0.1, 0.15) is 21.5 Å². The molecular formula is C21H16ClFN2O2. The third-order valence-electron chi connectivity index (χ3n) is 3.67. The van der Waals surface area contributed by atoms with Crippen LogP contribution < -0.4 is 10.2 Å². The van der Waals surface area contributed by atoms with Gasteiger partial charge in [-0.1, -0.05) is 29.8 Å². The molecule has 0 bridgehead atoms. The Hall–Kier alpha value is -3.18. The number of nitrogens with zero attached hydrogens (tertiary/aromatic N) is 1. The maximum atomic E-state index is 13.1. The zero-order valence-electron chi connectivity index (χ0n) is 14.2. The van der Waals surface area contributed by atoms with Crippen LogP contribution in [0.2, 0.25) is 5.02 Å². The van der Waals surface area contributed by atoms with E-state index in [9.17, 15) is 9.18 Å². The summed E-state index contributed by atoms with van der Waals surface area (Å²) in [6.45, 7) is 0.439. The molecule has 0 fully saturated rings. The average Bonchev–Trinajstić information content (AvgIpc) is 2.68. The molecule has 0 unspecified atom stereocenters. The van der Waals surface area contributed by atoms with Crippen molar-refractivity contribution in [1.82, 2.24) is 5.43 Å². The quantitative estimate of drug-likeness (QED) is 0.490. The van der Waals surface area contributed by atoms with E-state index >= 15 is 0 Å². The summed E-state index contributed by atoms with van der Waals surface area (Å²) < 4.78 is 18.8. The molecule has 0 aliphatic heterocycles. The van der Waals surface area contributed by atoms with Crippen LogP contribution in [0.25, 0.3) is 0 Å². The second-order valence-corrected chi connectivity index (χ2v) is 6.13. The van der Waals surface area contributed by atoms with Gasteiger partial charge < -0.3 is 4.74 Å². The molecule has 3 aromatic carbocycles. The van der Waals surface area contributed by atoms with Crippen molar-refractivity contribution in [3.05, 3.63) is 100 Å². The zero-order chi connectivity index (χ0) is 19.1. The standard InChI is InChI=1S/C21H16ClFN2O2/c22-18-8-4-16(5-9-18)14-27-20-10-6-15(7-11-20)13-24-25-21(26)17-2-1-3-19(23)12-17/h1-13H,14H2,(H,25,26)/b24-13-. The van der Waals surface area contributed by atoms with Gasteiger partial charge >= 0.3 is 0 Å². The number of hydrogen-bond donors (Lipinski definition) is 1. The first-order valence-electron chi connectivity index (χ1n) is 8.16. The Morgan fingerprint density at radius 2 is 1.81 bits per heavy atom. The van der Waals surface area contributed by atoms with Crippen molar-refractivity contribution in [2.45, 2.75) is 6.61 Å². The van der Waals surface area contributed by atoms with E-state index in [1.165, 1.54) is 24.4 Å². The number of rotatable bonds is 6. The minimum absolute atomic E-state index is 0.207. The number of hydrogen-bond acceptors (Lipinski definition) is 3. The predicted molar refractivity (Wildman–Crippen MR) is 104 cm³/mol. The summed E-state index contributed by atoms with van der Waals surface area (Å²) in [6, 6.07) is 20.1. The van der Waals surface area contributed by atoms with E-state index in [4.69, 9.17) is 16.3 Å². The molecule has 3 rings (SSSR count). The number of ether oxygens (including phenoxy) is 1. The first kappa shape index (κ1) is 18.6. The molecule has 1 N–H and O–H groups in total. The van der Waals surface area contributed by atoms with Crippen molar-refractivity contribution in [1.29, 1.82) is 0 Å². The van der Waals surface area contributed by atoms with Gasteiger partial charge in [0.25, 0.3) is 5.91 Å². The Kier molecular flexibility index (Phi) is 6.18. The number of nitrogens with one attached hydrogen (secondary N) is 1. The van der Waals surface area contributed by atoms with Crippen LogP contribution in [0.3, 0.4) is 0 Å². The minimum Gasteiger partial charge on any atom is -0.489 e. The summed E-state index contributed by atoms with van der Waals surface area (Å²) in [4.78, 5) is 11.9.